The van der Waals surface area contributed by atoms with Crippen molar-refractivity contribution in [3.8, 4) is 16.9 Å². The molecule has 0 bridgehead atoms. The zero-order valence-electron chi connectivity index (χ0n) is 23.0. The predicted octanol–water partition coefficient (Wildman–Crippen LogP) is 8.68. The van der Waals surface area contributed by atoms with E-state index >= 15 is 0 Å². The minimum absolute atomic E-state index is 0.202. The number of benzene rings is 3. The molecule has 1 aliphatic heterocycles. The smallest absolute Gasteiger partial charge is 0.406 e. The molecule has 41 heavy (non-hydrogen) atoms. The molecule has 1 aromatic heterocycles. The van der Waals surface area contributed by atoms with Crippen molar-refractivity contribution in [3.63, 3.8) is 0 Å². The molecule has 4 aromatic rings. The molecular formula is C33H35ClF3N3O. The van der Waals surface area contributed by atoms with Gasteiger partial charge >= 0.3 is 6.36 Å². The Kier molecular flexibility index (Phi) is 8.29. The summed E-state index contributed by atoms with van der Waals surface area (Å²) in [7, 11) is 0. The van der Waals surface area contributed by atoms with Crippen LogP contribution < -0.4 is 4.74 Å². The molecular weight excluding hydrogens is 547 g/mol. The highest BCUT2D eigenvalue weighted by molar-refractivity contribution is 6.31. The monoisotopic (exact) mass is 581 g/mol. The van der Waals surface area contributed by atoms with E-state index in [9.17, 15) is 13.2 Å². The van der Waals surface area contributed by atoms with Crippen LogP contribution in [-0.4, -0.2) is 46.9 Å². The molecule has 0 radical (unpaired) electrons. The zero-order chi connectivity index (χ0) is 28.4. The van der Waals surface area contributed by atoms with E-state index in [2.05, 4.69) is 49.6 Å². The first-order chi connectivity index (χ1) is 19.8. The highest BCUT2D eigenvalue weighted by atomic mass is 35.5. The van der Waals surface area contributed by atoms with Crippen LogP contribution in [0.3, 0.4) is 0 Å². The maximum Gasteiger partial charge on any atom is 0.573 e. The van der Waals surface area contributed by atoms with Gasteiger partial charge in [0.1, 0.15) is 5.75 Å². The maximum absolute atomic E-state index is 12.7. The number of hydrogen-bond donors (Lipinski definition) is 0. The van der Waals surface area contributed by atoms with Gasteiger partial charge in [0.15, 0.2) is 0 Å². The van der Waals surface area contributed by atoms with Gasteiger partial charge in [0.2, 0.25) is 0 Å². The number of aromatic nitrogens is 1. The lowest BCUT2D eigenvalue weighted by Gasteiger charge is -2.35. The van der Waals surface area contributed by atoms with Gasteiger partial charge in [0, 0.05) is 73.0 Å². The van der Waals surface area contributed by atoms with Crippen molar-refractivity contribution < 1.29 is 17.9 Å². The van der Waals surface area contributed by atoms with Crippen LogP contribution in [0.1, 0.15) is 49.3 Å². The van der Waals surface area contributed by atoms with Gasteiger partial charge in [-0.15, -0.1) is 13.2 Å². The van der Waals surface area contributed by atoms with Crippen molar-refractivity contribution in [2.24, 2.45) is 0 Å². The second-order valence-electron chi connectivity index (χ2n) is 11.3. The first-order valence-electron chi connectivity index (χ1n) is 14.5. The molecule has 1 saturated heterocycles. The summed E-state index contributed by atoms with van der Waals surface area (Å²) < 4.78 is 44.7. The molecule has 0 spiro atoms. The topological polar surface area (TPSA) is 20.6 Å². The van der Waals surface area contributed by atoms with Gasteiger partial charge in [-0.3, -0.25) is 9.80 Å². The lowest BCUT2D eigenvalue weighted by molar-refractivity contribution is -0.274. The number of piperazine rings is 1. The van der Waals surface area contributed by atoms with Crippen molar-refractivity contribution >= 4 is 22.5 Å². The van der Waals surface area contributed by atoms with E-state index in [1.54, 1.807) is 12.1 Å². The van der Waals surface area contributed by atoms with E-state index in [1.807, 2.05) is 18.2 Å². The van der Waals surface area contributed by atoms with E-state index in [4.69, 9.17) is 11.6 Å². The molecule has 0 atom stereocenters. The fraction of sp³-hybridized carbons (Fsp3) is 0.394. The second kappa shape index (κ2) is 12.1. The van der Waals surface area contributed by atoms with Crippen molar-refractivity contribution in [2.75, 3.05) is 26.2 Å². The van der Waals surface area contributed by atoms with Crippen LogP contribution in [0.5, 0.6) is 5.75 Å². The van der Waals surface area contributed by atoms with Crippen molar-refractivity contribution in [1.29, 1.82) is 0 Å². The Labute approximate surface area is 244 Å². The molecule has 0 unspecified atom stereocenters. The summed E-state index contributed by atoms with van der Waals surface area (Å²) >= 11 is 6.38. The molecule has 6 rings (SSSR count). The lowest BCUT2D eigenvalue weighted by Crippen LogP contribution is -2.45. The lowest BCUT2D eigenvalue weighted by atomic mass is 9.95. The molecule has 216 valence electrons. The fourth-order valence-electron chi connectivity index (χ4n) is 6.36. The SMILES string of the molecule is FC(F)(F)Oc1ccc(-c2cn(C3CCCCC3)c3ccc(CN4CCN(Cc5ccccc5Cl)CC4)cc23)cc1. The number of rotatable bonds is 7. The number of ether oxygens (including phenoxy) is 1. The number of alkyl halides is 3. The van der Waals surface area contributed by atoms with Crippen LogP contribution >= 0.6 is 11.6 Å². The third-order valence-corrected chi connectivity index (χ3v) is 8.86. The van der Waals surface area contributed by atoms with Crippen LogP contribution in [0.4, 0.5) is 13.2 Å². The number of fused-ring (bicyclic) bond motifs is 1. The molecule has 1 aliphatic carbocycles. The molecule has 2 fully saturated rings. The Balaban J connectivity index is 1.22. The summed E-state index contributed by atoms with van der Waals surface area (Å²) in [4.78, 5) is 4.95. The van der Waals surface area contributed by atoms with E-state index in [0.29, 0.717) is 6.04 Å². The number of nitrogens with zero attached hydrogens (tertiary/aromatic N) is 3. The molecule has 0 amide bonds. The third-order valence-electron chi connectivity index (χ3n) is 8.49. The average Bonchev–Trinajstić information content (AvgIpc) is 3.34. The van der Waals surface area contributed by atoms with E-state index in [1.165, 1.54) is 48.0 Å². The van der Waals surface area contributed by atoms with Crippen molar-refractivity contribution in [3.05, 3.63) is 89.1 Å². The molecule has 4 nitrogen and oxygen atoms in total. The average molecular weight is 582 g/mol. The van der Waals surface area contributed by atoms with Gasteiger partial charge in [-0.1, -0.05) is 67.3 Å². The van der Waals surface area contributed by atoms with E-state index in [-0.39, 0.29) is 5.75 Å². The van der Waals surface area contributed by atoms with Gasteiger partial charge in [-0.25, -0.2) is 0 Å². The normalized spacial score (nSPS) is 17.8. The Bertz CT molecular complexity index is 1470. The summed E-state index contributed by atoms with van der Waals surface area (Å²) in [6, 6.07) is 21.5. The predicted molar refractivity (Wildman–Crippen MR) is 158 cm³/mol. The maximum atomic E-state index is 12.7. The van der Waals surface area contributed by atoms with Crippen LogP contribution in [0.15, 0.2) is 72.9 Å². The van der Waals surface area contributed by atoms with Gasteiger partial charge in [-0.05, 0) is 59.9 Å². The summed E-state index contributed by atoms with van der Waals surface area (Å²) in [6.45, 7) is 5.68. The van der Waals surface area contributed by atoms with Crippen LogP contribution in [0.2, 0.25) is 5.02 Å². The number of hydrogen-bond acceptors (Lipinski definition) is 3. The number of halogens is 4. The standard InChI is InChI=1S/C33H35ClF3N3O/c34-31-9-5-4-6-26(31)22-39-18-16-38(17-19-39)21-24-10-15-32-29(20-24)30(23-40(32)27-7-2-1-3-8-27)25-11-13-28(14-12-25)41-33(35,36)37/h4-6,9-15,20,23,27H,1-3,7-8,16-19,21-22H2. The minimum Gasteiger partial charge on any atom is -0.406 e. The Morgan fingerprint density at radius 2 is 1.49 bits per heavy atom. The van der Waals surface area contributed by atoms with Crippen molar-refractivity contribution in [2.45, 2.75) is 57.6 Å². The molecule has 2 aliphatic rings. The van der Waals surface area contributed by atoms with Gasteiger partial charge in [0.25, 0.3) is 0 Å². The first kappa shape index (κ1) is 28.1. The summed E-state index contributed by atoms with van der Waals surface area (Å²) in [5.41, 5.74) is 5.55. The van der Waals surface area contributed by atoms with Crippen LogP contribution in [0.25, 0.3) is 22.0 Å². The largest absolute Gasteiger partial charge is 0.573 e. The zero-order valence-corrected chi connectivity index (χ0v) is 23.8. The quantitative estimate of drug-likeness (QED) is 0.218. The Hall–Kier alpha value is -3.00. The highest BCUT2D eigenvalue weighted by Crippen LogP contribution is 2.38. The van der Waals surface area contributed by atoms with Gasteiger partial charge in [0.05, 0.1) is 0 Å². The Morgan fingerprint density at radius 3 is 2.17 bits per heavy atom. The minimum atomic E-state index is -4.70. The first-order valence-corrected chi connectivity index (χ1v) is 14.9. The molecule has 8 heteroatoms. The van der Waals surface area contributed by atoms with E-state index in [0.717, 1.165) is 73.6 Å². The van der Waals surface area contributed by atoms with Crippen LogP contribution in [0, 0.1) is 0 Å². The molecule has 2 heterocycles. The van der Waals surface area contributed by atoms with Crippen molar-refractivity contribution in [1.82, 2.24) is 14.4 Å². The summed E-state index contributed by atoms with van der Waals surface area (Å²) in [5, 5.41) is 1.97. The summed E-state index contributed by atoms with van der Waals surface area (Å²) in [5.74, 6) is -0.202. The van der Waals surface area contributed by atoms with Gasteiger partial charge in [-0.2, -0.15) is 0 Å². The molecule has 1 saturated carbocycles. The summed E-state index contributed by atoms with van der Waals surface area (Å²) in [6.07, 6.45) is 3.54. The third kappa shape index (κ3) is 6.74. The fourth-order valence-corrected chi connectivity index (χ4v) is 6.55. The second-order valence-corrected chi connectivity index (χ2v) is 11.7. The van der Waals surface area contributed by atoms with Gasteiger partial charge < -0.3 is 9.30 Å². The molecule has 0 N–H and O–H groups in total. The Morgan fingerprint density at radius 1 is 0.805 bits per heavy atom. The molecule has 3 aromatic carbocycles. The highest BCUT2D eigenvalue weighted by Gasteiger charge is 2.31. The van der Waals surface area contributed by atoms with E-state index < -0.39 is 6.36 Å². The van der Waals surface area contributed by atoms with Crippen LogP contribution in [-0.2, 0) is 13.1 Å².